The van der Waals surface area contributed by atoms with Gasteiger partial charge in [-0.25, -0.2) is 4.79 Å². The maximum Gasteiger partial charge on any atom is 0.317 e. The van der Waals surface area contributed by atoms with Crippen molar-refractivity contribution in [3.8, 4) is 0 Å². The maximum absolute atomic E-state index is 11.9. The van der Waals surface area contributed by atoms with Crippen LogP contribution >= 0.6 is 0 Å². The summed E-state index contributed by atoms with van der Waals surface area (Å²) in [6.45, 7) is 0.641. The Morgan fingerprint density at radius 3 is 2.26 bits per heavy atom. The number of hydrogen-bond acceptors (Lipinski definition) is 2. The number of carboxylic acid groups (broad SMARTS) is 1. The summed E-state index contributed by atoms with van der Waals surface area (Å²) in [7, 11) is 0. The highest BCUT2D eigenvalue weighted by molar-refractivity contribution is 5.80. The molecule has 5 heteroatoms. The zero-order chi connectivity index (χ0) is 13.4. The lowest BCUT2D eigenvalue weighted by atomic mass is 10.0. The number of carboxylic acids is 1. The number of carbonyl (C=O) groups excluding carboxylic acids is 1. The van der Waals surface area contributed by atoms with Gasteiger partial charge in [-0.3, -0.25) is 4.79 Å². The van der Waals surface area contributed by atoms with E-state index in [1.54, 1.807) is 4.90 Å². The van der Waals surface area contributed by atoms with E-state index < -0.39 is 11.9 Å². The molecule has 5 nitrogen and oxygen atoms in total. The number of likely N-dealkylation sites (tertiary alicyclic amines) is 1. The molecule has 2 N–H and O–H groups in total. The minimum atomic E-state index is -0.822. The summed E-state index contributed by atoms with van der Waals surface area (Å²) in [6, 6.07) is 8.19. The van der Waals surface area contributed by atoms with Crippen molar-refractivity contribution in [1.29, 1.82) is 0 Å². The highest BCUT2D eigenvalue weighted by Crippen LogP contribution is 2.22. The first-order chi connectivity index (χ1) is 9.13. The van der Waals surface area contributed by atoms with E-state index in [0.717, 1.165) is 12.8 Å². The van der Waals surface area contributed by atoms with Gasteiger partial charge in [-0.1, -0.05) is 24.3 Å². The van der Waals surface area contributed by atoms with Gasteiger partial charge >= 0.3 is 12.0 Å². The van der Waals surface area contributed by atoms with E-state index in [1.165, 1.54) is 11.1 Å². The van der Waals surface area contributed by atoms with Crippen molar-refractivity contribution in [2.45, 2.75) is 18.9 Å². The minimum Gasteiger partial charge on any atom is -0.481 e. The zero-order valence-corrected chi connectivity index (χ0v) is 10.5. The molecule has 0 bridgehead atoms. The molecule has 0 radical (unpaired) electrons. The standard InChI is InChI=1S/C14H16N2O3/c17-13(18)11-7-16(8-11)14(19)15-12-5-9-3-1-2-4-10(9)6-12/h1-4,11-12H,5-8H2,(H,15,19)(H,17,18). The second-order valence-corrected chi connectivity index (χ2v) is 5.26. The third-order valence-corrected chi connectivity index (χ3v) is 3.90. The Morgan fingerprint density at radius 1 is 1.16 bits per heavy atom. The molecular formula is C14H16N2O3. The van der Waals surface area contributed by atoms with Crippen molar-refractivity contribution in [1.82, 2.24) is 10.2 Å². The van der Waals surface area contributed by atoms with Crippen LogP contribution in [0.5, 0.6) is 0 Å². The predicted octanol–water partition coefficient (Wildman–Crippen LogP) is 0.880. The van der Waals surface area contributed by atoms with Gasteiger partial charge in [0.05, 0.1) is 5.92 Å². The lowest BCUT2D eigenvalue weighted by Crippen LogP contribution is -2.57. The number of aliphatic carboxylic acids is 1. The van der Waals surface area contributed by atoms with Crippen molar-refractivity contribution in [2.75, 3.05) is 13.1 Å². The average molecular weight is 260 g/mol. The van der Waals surface area contributed by atoms with E-state index in [0.29, 0.717) is 13.1 Å². The normalized spacial score (nSPS) is 18.8. The number of carbonyl (C=O) groups is 2. The van der Waals surface area contributed by atoms with Crippen molar-refractivity contribution < 1.29 is 14.7 Å². The molecule has 0 unspecified atom stereocenters. The Balaban J connectivity index is 1.52. The molecule has 1 aromatic rings. The van der Waals surface area contributed by atoms with Gasteiger partial charge in [0.1, 0.15) is 0 Å². The van der Waals surface area contributed by atoms with Gasteiger partial charge in [-0.2, -0.15) is 0 Å². The average Bonchev–Trinajstić information content (AvgIpc) is 2.67. The summed E-state index contributed by atoms with van der Waals surface area (Å²) in [5.41, 5.74) is 2.58. The fourth-order valence-corrected chi connectivity index (χ4v) is 2.73. The first kappa shape index (κ1) is 12.0. The molecule has 1 fully saturated rings. The highest BCUT2D eigenvalue weighted by atomic mass is 16.4. The predicted molar refractivity (Wildman–Crippen MR) is 68.9 cm³/mol. The van der Waals surface area contributed by atoms with Crippen molar-refractivity contribution in [2.24, 2.45) is 5.92 Å². The van der Waals surface area contributed by atoms with Crippen LogP contribution < -0.4 is 5.32 Å². The highest BCUT2D eigenvalue weighted by Gasteiger charge is 2.36. The largest absolute Gasteiger partial charge is 0.481 e. The van der Waals surface area contributed by atoms with Crippen LogP contribution in [0.2, 0.25) is 0 Å². The van der Waals surface area contributed by atoms with Crippen molar-refractivity contribution >= 4 is 12.0 Å². The second-order valence-electron chi connectivity index (χ2n) is 5.26. The van der Waals surface area contributed by atoms with E-state index >= 15 is 0 Å². The number of amides is 2. The minimum absolute atomic E-state index is 0.133. The summed E-state index contributed by atoms with van der Waals surface area (Å²) in [4.78, 5) is 24.2. The van der Waals surface area contributed by atoms with E-state index in [2.05, 4.69) is 17.4 Å². The maximum atomic E-state index is 11.9. The van der Waals surface area contributed by atoms with Crippen LogP contribution in [0.3, 0.4) is 0 Å². The quantitative estimate of drug-likeness (QED) is 0.829. The number of nitrogens with one attached hydrogen (secondary N) is 1. The lowest BCUT2D eigenvalue weighted by molar-refractivity contribution is -0.146. The van der Waals surface area contributed by atoms with Gasteiger partial charge in [0.25, 0.3) is 0 Å². The molecule has 0 aromatic heterocycles. The Hall–Kier alpha value is -2.04. The Kier molecular flexibility index (Phi) is 2.89. The number of urea groups is 1. The van der Waals surface area contributed by atoms with Crippen LogP contribution in [0.15, 0.2) is 24.3 Å². The first-order valence-corrected chi connectivity index (χ1v) is 6.48. The monoisotopic (exact) mass is 260 g/mol. The topological polar surface area (TPSA) is 69.6 Å². The Morgan fingerprint density at radius 2 is 1.74 bits per heavy atom. The summed E-state index contributed by atoms with van der Waals surface area (Å²) in [5.74, 6) is -1.22. The third kappa shape index (κ3) is 2.28. The SMILES string of the molecule is O=C(O)C1CN(C(=O)NC2Cc3ccccc3C2)C1. The Bertz CT molecular complexity index is 498. The molecule has 2 aliphatic rings. The molecule has 0 atom stereocenters. The smallest absolute Gasteiger partial charge is 0.317 e. The molecule has 0 spiro atoms. The molecule has 0 saturated carbocycles. The fourth-order valence-electron chi connectivity index (χ4n) is 2.73. The third-order valence-electron chi connectivity index (χ3n) is 3.90. The van der Waals surface area contributed by atoms with Crippen molar-refractivity contribution in [3.05, 3.63) is 35.4 Å². The molecule has 1 aromatic carbocycles. The van der Waals surface area contributed by atoms with Gasteiger partial charge in [0.15, 0.2) is 0 Å². The number of fused-ring (bicyclic) bond motifs is 1. The second kappa shape index (κ2) is 4.57. The molecule has 1 aliphatic carbocycles. The van der Waals surface area contributed by atoms with E-state index in [4.69, 9.17) is 5.11 Å². The molecule has 1 aliphatic heterocycles. The van der Waals surface area contributed by atoms with Crippen LogP contribution in [0.1, 0.15) is 11.1 Å². The van der Waals surface area contributed by atoms with Gasteiger partial charge in [-0.05, 0) is 24.0 Å². The number of rotatable bonds is 2. The molecule has 1 heterocycles. The molecule has 3 rings (SSSR count). The number of hydrogen-bond donors (Lipinski definition) is 2. The zero-order valence-electron chi connectivity index (χ0n) is 10.5. The van der Waals surface area contributed by atoms with E-state index in [-0.39, 0.29) is 12.1 Å². The lowest BCUT2D eigenvalue weighted by Gasteiger charge is -2.37. The summed E-state index contributed by atoms with van der Waals surface area (Å²) in [6.07, 6.45) is 1.72. The van der Waals surface area contributed by atoms with Gasteiger partial charge in [0.2, 0.25) is 0 Å². The fraction of sp³-hybridized carbons (Fsp3) is 0.429. The van der Waals surface area contributed by atoms with Crippen LogP contribution in [0.4, 0.5) is 4.79 Å². The Labute approximate surface area is 111 Å². The number of nitrogens with zero attached hydrogens (tertiary/aromatic N) is 1. The van der Waals surface area contributed by atoms with Gasteiger partial charge < -0.3 is 15.3 Å². The summed E-state index contributed by atoms with van der Waals surface area (Å²) >= 11 is 0. The number of benzene rings is 1. The first-order valence-electron chi connectivity index (χ1n) is 6.48. The summed E-state index contributed by atoms with van der Waals surface area (Å²) in [5, 5.41) is 11.8. The molecular weight excluding hydrogens is 244 g/mol. The van der Waals surface area contributed by atoms with Crippen LogP contribution in [0.25, 0.3) is 0 Å². The summed E-state index contributed by atoms with van der Waals surface area (Å²) < 4.78 is 0. The van der Waals surface area contributed by atoms with Gasteiger partial charge in [-0.15, -0.1) is 0 Å². The van der Waals surface area contributed by atoms with Crippen molar-refractivity contribution in [3.63, 3.8) is 0 Å². The van der Waals surface area contributed by atoms with Crippen LogP contribution in [-0.2, 0) is 17.6 Å². The molecule has 2 amide bonds. The molecule has 19 heavy (non-hydrogen) atoms. The van der Waals surface area contributed by atoms with E-state index in [9.17, 15) is 9.59 Å². The van der Waals surface area contributed by atoms with Crippen LogP contribution in [0, 0.1) is 5.92 Å². The molecule has 100 valence electrons. The van der Waals surface area contributed by atoms with Crippen LogP contribution in [-0.4, -0.2) is 41.1 Å². The van der Waals surface area contributed by atoms with E-state index in [1.807, 2.05) is 12.1 Å². The van der Waals surface area contributed by atoms with Gasteiger partial charge in [0, 0.05) is 19.1 Å². The molecule has 1 saturated heterocycles.